The highest BCUT2D eigenvalue weighted by molar-refractivity contribution is 7.94. The van der Waals surface area contributed by atoms with Gasteiger partial charge in [0.2, 0.25) is 0 Å². The summed E-state index contributed by atoms with van der Waals surface area (Å²) in [6, 6.07) is 8.20. The number of anilines is 1. The number of hydrogen-bond donors (Lipinski definition) is 1. The molecule has 1 N–H and O–H groups in total. The van der Waals surface area contributed by atoms with E-state index in [0.29, 0.717) is 16.4 Å². The molecule has 9 heteroatoms. The lowest BCUT2D eigenvalue weighted by molar-refractivity contribution is 0.603. The molecule has 0 amide bonds. The van der Waals surface area contributed by atoms with Crippen LogP contribution < -0.4 is 4.72 Å². The molecule has 0 saturated carbocycles. The average molecular weight is 355 g/mol. The molecule has 3 rings (SSSR count). The van der Waals surface area contributed by atoms with Crippen molar-refractivity contribution in [3.8, 4) is 5.69 Å². The lowest BCUT2D eigenvalue weighted by Crippen LogP contribution is -2.13. The first-order chi connectivity index (χ1) is 10.5. The van der Waals surface area contributed by atoms with Gasteiger partial charge in [-0.05, 0) is 37.3 Å². The Morgan fingerprint density at radius 3 is 2.73 bits per heavy atom. The third-order valence-electron chi connectivity index (χ3n) is 2.85. The maximum absolute atomic E-state index is 12.5. The number of thiophene rings is 1. The first-order valence-corrected chi connectivity index (χ1v) is 8.87. The number of benzene rings is 1. The van der Waals surface area contributed by atoms with E-state index in [9.17, 15) is 8.42 Å². The van der Waals surface area contributed by atoms with Crippen LogP contribution in [-0.4, -0.2) is 23.2 Å². The predicted molar refractivity (Wildman–Crippen MR) is 86.2 cm³/mol. The van der Waals surface area contributed by atoms with E-state index in [1.807, 2.05) is 6.92 Å². The first kappa shape index (κ1) is 15.0. The van der Waals surface area contributed by atoms with Gasteiger partial charge in [-0.2, -0.15) is 5.10 Å². The smallest absolute Gasteiger partial charge is 0.271 e. The van der Waals surface area contributed by atoms with Crippen LogP contribution in [0.2, 0.25) is 5.02 Å². The summed E-state index contributed by atoms with van der Waals surface area (Å²) >= 11 is 7.18. The van der Waals surface area contributed by atoms with E-state index in [0.717, 1.165) is 4.88 Å². The van der Waals surface area contributed by atoms with Gasteiger partial charge in [-0.25, -0.2) is 18.1 Å². The molecule has 1 aromatic carbocycles. The van der Waals surface area contributed by atoms with Gasteiger partial charge in [-0.15, -0.1) is 11.3 Å². The molecule has 0 saturated heterocycles. The van der Waals surface area contributed by atoms with Crippen LogP contribution in [0.1, 0.15) is 4.88 Å². The second kappa shape index (κ2) is 5.71. The van der Waals surface area contributed by atoms with Crippen LogP contribution in [0.5, 0.6) is 0 Å². The van der Waals surface area contributed by atoms with Gasteiger partial charge in [-0.3, -0.25) is 4.72 Å². The maximum atomic E-state index is 12.5. The van der Waals surface area contributed by atoms with Crippen molar-refractivity contribution < 1.29 is 8.42 Å². The van der Waals surface area contributed by atoms with E-state index in [-0.39, 0.29) is 4.21 Å². The highest BCUT2D eigenvalue weighted by Crippen LogP contribution is 2.28. The van der Waals surface area contributed by atoms with E-state index < -0.39 is 10.0 Å². The zero-order valence-electron chi connectivity index (χ0n) is 11.4. The lowest BCUT2D eigenvalue weighted by atomic mass is 10.3. The van der Waals surface area contributed by atoms with Crippen molar-refractivity contribution in [1.29, 1.82) is 0 Å². The van der Waals surface area contributed by atoms with Gasteiger partial charge in [0.1, 0.15) is 16.9 Å². The zero-order valence-corrected chi connectivity index (χ0v) is 13.8. The van der Waals surface area contributed by atoms with Crippen LogP contribution in [0.25, 0.3) is 5.69 Å². The topological polar surface area (TPSA) is 76.9 Å². The molecule has 0 unspecified atom stereocenters. The van der Waals surface area contributed by atoms with Crippen molar-refractivity contribution in [2.45, 2.75) is 11.1 Å². The minimum Gasteiger partial charge on any atom is -0.277 e. The molecule has 0 spiro atoms. The Morgan fingerprint density at radius 1 is 1.27 bits per heavy atom. The number of rotatable bonds is 4. The largest absolute Gasteiger partial charge is 0.277 e. The predicted octanol–water partition coefficient (Wildman–Crippen LogP) is 3.09. The van der Waals surface area contributed by atoms with Crippen LogP contribution in [0, 0.1) is 6.92 Å². The Balaban J connectivity index is 2.03. The van der Waals surface area contributed by atoms with Crippen molar-refractivity contribution in [3.05, 3.63) is 52.9 Å². The van der Waals surface area contributed by atoms with Crippen molar-refractivity contribution >= 4 is 38.6 Å². The zero-order chi connectivity index (χ0) is 15.7. The summed E-state index contributed by atoms with van der Waals surface area (Å²) in [5, 5.41) is 4.43. The van der Waals surface area contributed by atoms with Crippen LogP contribution in [0.4, 0.5) is 5.69 Å². The van der Waals surface area contributed by atoms with Gasteiger partial charge < -0.3 is 0 Å². The van der Waals surface area contributed by atoms with Crippen LogP contribution in [0.15, 0.2) is 47.2 Å². The summed E-state index contributed by atoms with van der Waals surface area (Å²) in [5.74, 6) is 0. The number of aromatic nitrogens is 3. The Morgan fingerprint density at radius 2 is 2.09 bits per heavy atom. The number of sulfonamides is 1. The Labute approximate surface area is 136 Å². The molecule has 0 fully saturated rings. The Kier molecular flexibility index (Phi) is 3.90. The summed E-state index contributed by atoms with van der Waals surface area (Å²) < 4.78 is 29.2. The van der Waals surface area contributed by atoms with E-state index in [2.05, 4.69) is 14.8 Å². The molecule has 114 valence electrons. The molecule has 2 heterocycles. The van der Waals surface area contributed by atoms with E-state index >= 15 is 0 Å². The van der Waals surface area contributed by atoms with Gasteiger partial charge >= 0.3 is 0 Å². The Hall–Kier alpha value is -1.90. The molecule has 0 radical (unpaired) electrons. The van der Waals surface area contributed by atoms with Crippen molar-refractivity contribution in [2.75, 3.05) is 4.72 Å². The van der Waals surface area contributed by atoms with Gasteiger partial charge in [0.05, 0.1) is 11.4 Å². The maximum Gasteiger partial charge on any atom is 0.271 e. The SMILES string of the molecule is Cc1ccc(S(=O)(=O)Nc2cc(Cl)ccc2-n2cncn2)s1. The van der Waals surface area contributed by atoms with E-state index in [4.69, 9.17) is 11.6 Å². The van der Waals surface area contributed by atoms with Gasteiger partial charge in [-0.1, -0.05) is 11.6 Å². The number of halogens is 1. The fraction of sp³-hybridized carbons (Fsp3) is 0.0769. The molecular weight excluding hydrogens is 344 g/mol. The molecular formula is C13H11ClN4O2S2. The molecule has 0 aliphatic carbocycles. The van der Waals surface area contributed by atoms with E-state index in [1.54, 1.807) is 24.3 Å². The minimum absolute atomic E-state index is 0.245. The summed E-state index contributed by atoms with van der Waals surface area (Å²) in [5.41, 5.74) is 0.878. The van der Waals surface area contributed by atoms with Crippen LogP contribution >= 0.6 is 22.9 Å². The fourth-order valence-corrected chi connectivity index (χ4v) is 4.39. The quantitative estimate of drug-likeness (QED) is 0.781. The average Bonchev–Trinajstić information content (AvgIpc) is 3.10. The van der Waals surface area contributed by atoms with Crippen LogP contribution in [-0.2, 0) is 10.0 Å². The molecule has 0 aliphatic heterocycles. The molecule has 6 nitrogen and oxygen atoms in total. The highest BCUT2D eigenvalue weighted by atomic mass is 35.5. The standard InChI is InChI=1S/C13H11ClN4O2S2/c1-9-2-5-13(21-9)22(19,20)17-11-6-10(14)3-4-12(11)18-8-15-7-16-18/h2-8,17H,1H3. The van der Waals surface area contributed by atoms with Crippen molar-refractivity contribution in [1.82, 2.24) is 14.8 Å². The van der Waals surface area contributed by atoms with Gasteiger partial charge in [0.25, 0.3) is 10.0 Å². The lowest BCUT2D eigenvalue weighted by Gasteiger charge is -2.12. The summed E-state index contributed by atoms with van der Waals surface area (Å²) in [7, 11) is -3.67. The second-order valence-corrected chi connectivity index (χ2v) is 8.11. The van der Waals surface area contributed by atoms with E-state index in [1.165, 1.54) is 34.7 Å². The molecule has 3 aromatic rings. The molecule has 2 aromatic heterocycles. The fourth-order valence-electron chi connectivity index (χ4n) is 1.87. The number of aryl methyl sites for hydroxylation is 1. The minimum atomic E-state index is -3.67. The van der Waals surface area contributed by atoms with Crippen molar-refractivity contribution in [2.24, 2.45) is 0 Å². The van der Waals surface area contributed by atoms with Crippen LogP contribution in [0.3, 0.4) is 0 Å². The number of hydrogen-bond acceptors (Lipinski definition) is 5. The van der Waals surface area contributed by atoms with Crippen molar-refractivity contribution in [3.63, 3.8) is 0 Å². The highest BCUT2D eigenvalue weighted by Gasteiger charge is 2.19. The Bertz CT molecular complexity index is 904. The molecule has 0 atom stereocenters. The molecule has 0 aliphatic rings. The monoisotopic (exact) mass is 354 g/mol. The third kappa shape index (κ3) is 2.99. The molecule has 22 heavy (non-hydrogen) atoms. The molecule has 0 bridgehead atoms. The summed E-state index contributed by atoms with van der Waals surface area (Å²) in [4.78, 5) is 4.78. The van der Waals surface area contributed by atoms with Gasteiger partial charge in [0.15, 0.2) is 0 Å². The number of nitrogens with one attached hydrogen (secondary N) is 1. The normalized spacial score (nSPS) is 11.5. The summed E-state index contributed by atoms with van der Waals surface area (Å²) in [6.07, 6.45) is 2.85. The van der Waals surface area contributed by atoms with Gasteiger partial charge in [0, 0.05) is 9.90 Å². The third-order valence-corrected chi connectivity index (χ3v) is 5.94. The second-order valence-electron chi connectivity index (χ2n) is 4.47. The summed E-state index contributed by atoms with van der Waals surface area (Å²) in [6.45, 7) is 1.85. The first-order valence-electron chi connectivity index (χ1n) is 6.19. The number of nitrogens with zero attached hydrogens (tertiary/aromatic N) is 3.